The number of carbonyl (C=O) groups is 1. The first-order valence-electron chi connectivity index (χ1n) is 5.64. The van der Waals surface area contributed by atoms with Gasteiger partial charge in [0.15, 0.2) is 0 Å². The van der Waals surface area contributed by atoms with Gasteiger partial charge in [-0.25, -0.2) is 0 Å². The van der Waals surface area contributed by atoms with E-state index in [0.717, 1.165) is 0 Å². The van der Waals surface area contributed by atoms with E-state index >= 15 is 0 Å². The Morgan fingerprint density at radius 1 is 1.15 bits per heavy atom. The molecule has 4 nitrogen and oxygen atoms in total. The number of hydrogen-bond acceptors (Lipinski definition) is 3. The Hall–Kier alpha value is -1.91. The summed E-state index contributed by atoms with van der Waals surface area (Å²) in [4.78, 5) is 12.1. The molecule has 0 bridgehead atoms. The lowest BCUT2D eigenvalue weighted by molar-refractivity contribution is 0.102. The fraction of sp³-hybridized carbons (Fsp3) is 0.0714. The summed E-state index contributed by atoms with van der Waals surface area (Å²) in [7, 11) is 1.48. The molecule has 0 unspecified atom stereocenters. The van der Waals surface area contributed by atoms with Gasteiger partial charge in [0.05, 0.1) is 22.7 Å². The van der Waals surface area contributed by atoms with Crippen LogP contribution in [0.5, 0.6) is 11.5 Å². The van der Waals surface area contributed by atoms with Crippen molar-refractivity contribution in [2.45, 2.75) is 0 Å². The summed E-state index contributed by atoms with van der Waals surface area (Å²) in [6, 6.07) is 9.11. The smallest absolute Gasteiger partial charge is 0.259 e. The SMILES string of the molecule is COc1ccc(O)c(C(=O)Nc2ccc(Cl)c(Cl)c2)c1. The molecule has 0 fully saturated rings. The van der Waals surface area contributed by atoms with Gasteiger partial charge in [0.25, 0.3) is 5.91 Å². The maximum Gasteiger partial charge on any atom is 0.259 e. The molecule has 0 atom stereocenters. The van der Waals surface area contributed by atoms with Gasteiger partial charge in [-0.05, 0) is 36.4 Å². The molecule has 2 N–H and O–H groups in total. The number of hydrogen-bond donors (Lipinski definition) is 2. The van der Waals surface area contributed by atoms with Gasteiger partial charge in [0.2, 0.25) is 0 Å². The predicted octanol–water partition coefficient (Wildman–Crippen LogP) is 3.96. The van der Waals surface area contributed by atoms with Gasteiger partial charge in [-0.15, -0.1) is 0 Å². The van der Waals surface area contributed by atoms with Crippen LogP contribution in [0.3, 0.4) is 0 Å². The standard InChI is InChI=1S/C14H11Cl2NO3/c1-20-9-3-5-13(18)10(7-9)14(19)17-8-2-4-11(15)12(16)6-8/h2-7,18H,1H3,(H,17,19). The van der Waals surface area contributed by atoms with Crippen molar-refractivity contribution >= 4 is 34.8 Å². The van der Waals surface area contributed by atoms with Gasteiger partial charge in [0, 0.05) is 5.69 Å². The Morgan fingerprint density at radius 3 is 2.55 bits per heavy atom. The van der Waals surface area contributed by atoms with Crippen LogP contribution in [0.2, 0.25) is 10.0 Å². The van der Waals surface area contributed by atoms with Crippen LogP contribution >= 0.6 is 23.2 Å². The number of phenolic OH excluding ortho intramolecular Hbond substituents is 1. The third kappa shape index (κ3) is 3.15. The zero-order chi connectivity index (χ0) is 14.7. The average molecular weight is 312 g/mol. The molecule has 0 aliphatic rings. The fourth-order valence-electron chi connectivity index (χ4n) is 1.60. The van der Waals surface area contributed by atoms with E-state index in [1.54, 1.807) is 18.2 Å². The van der Waals surface area contributed by atoms with E-state index in [4.69, 9.17) is 27.9 Å². The number of anilines is 1. The molecule has 6 heteroatoms. The third-order valence-corrected chi connectivity index (χ3v) is 3.36. The molecule has 104 valence electrons. The van der Waals surface area contributed by atoms with Crippen LogP contribution in [0.1, 0.15) is 10.4 Å². The van der Waals surface area contributed by atoms with Crippen molar-refractivity contribution < 1.29 is 14.6 Å². The van der Waals surface area contributed by atoms with Gasteiger partial charge in [-0.2, -0.15) is 0 Å². The molecule has 0 aromatic heterocycles. The first-order valence-corrected chi connectivity index (χ1v) is 6.40. The minimum absolute atomic E-state index is 0.107. The van der Waals surface area contributed by atoms with Gasteiger partial charge in [0.1, 0.15) is 11.5 Å². The van der Waals surface area contributed by atoms with Gasteiger partial charge < -0.3 is 15.2 Å². The first kappa shape index (κ1) is 14.5. The summed E-state index contributed by atoms with van der Waals surface area (Å²) in [6.45, 7) is 0. The van der Waals surface area contributed by atoms with Crippen LogP contribution in [0, 0.1) is 0 Å². The van der Waals surface area contributed by atoms with Crippen LogP contribution < -0.4 is 10.1 Å². The molecular weight excluding hydrogens is 301 g/mol. The lowest BCUT2D eigenvalue weighted by atomic mass is 10.1. The van der Waals surface area contributed by atoms with Crippen LogP contribution in [-0.4, -0.2) is 18.1 Å². The molecule has 0 saturated heterocycles. The number of nitrogens with one attached hydrogen (secondary N) is 1. The highest BCUT2D eigenvalue weighted by molar-refractivity contribution is 6.42. The molecule has 0 heterocycles. The highest BCUT2D eigenvalue weighted by Gasteiger charge is 2.13. The number of benzene rings is 2. The molecule has 0 aliphatic carbocycles. The van der Waals surface area contributed by atoms with E-state index < -0.39 is 5.91 Å². The maximum atomic E-state index is 12.1. The van der Waals surface area contributed by atoms with E-state index in [1.165, 1.54) is 25.3 Å². The Balaban J connectivity index is 2.25. The Kier molecular flexibility index (Phi) is 4.37. The monoisotopic (exact) mass is 311 g/mol. The van der Waals surface area contributed by atoms with Crippen molar-refractivity contribution in [2.24, 2.45) is 0 Å². The van der Waals surface area contributed by atoms with Gasteiger partial charge in [-0.1, -0.05) is 23.2 Å². The van der Waals surface area contributed by atoms with Crippen molar-refractivity contribution in [3.05, 3.63) is 52.0 Å². The van der Waals surface area contributed by atoms with Gasteiger partial charge in [-0.3, -0.25) is 4.79 Å². The van der Waals surface area contributed by atoms with Crippen molar-refractivity contribution in [2.75, 3.05) is 12.4 Å². The maximum absolute atomic E-state index is 12.1. The molecule has 2 aromatic carbocycles. The van der Waals surface area contributed by atoms with Crippen molar-refractivity contribution in [3.8, 4) is 11.5 Å². The number of rotatable bonds is 3. The number of ether oxygens (including phenoxy) is 1. The summed E-state index contributed by atoms with van der Waals surface area (Å²) >= 11 is 11.7. The number of aromatic hydroxyl groups is 1. The number of halogens is 2. The largest absolute Gasteiger partial charge is 0.507 e. The second-order valence-electron chi connectivity index (χ2n) is 3.97. The predicted molar refractivity (Wildman–Crippen MR) is 79.1 cm³/mol. The highest BCUT2D eigenvalue weighted by atomic mass is 35.5. The Labute approximate surface area is 125 Å². The zero-order valence-electron chi connectivity index (χ0n) is 10.5. The quantitative estimate of drug-likeness (QED) is 0.902. The Morgan fingerprint density at radius 2 is 1.90 bits per heavy atom. The summed E-state index contributed by atoms with van der Waals surface area (Å²) in [5.41, 5.74) is 0.585. The van der Waals surface area contributed by atoms with Crippen LogP contribution in [0.4, 0.5) is 5.69 Å². The van der Waals surface area contributed by atoms with E-state index in [1.807, 2.05) is 0 Å². The summed E-state index contributed by atoms with van der Waals surface area (Å²) in [5.74, 6) is -0.134. The normalized spacial score (nSPS) is 10.2. The van der Waals surface area contributed by atoms with E-state index in [9.17, 15) is 9.90 Å². The van der Waals surface area contributed by atoms with E-state index in [2.05, 4.69) is 5.32 Å². The van der Waals surface area contributed by atoms with Gasteiger partial charge >= 0.3 is 0 Å². The molecule has 0 spiro atoms. The second kappa shape index (κ2) is 6.03. The summed E-state index contributed by atoms with van der Waals surface area (Å²) < 4.78 is 5.02. The third-order valence-electron chi connectivity index (χ3n) is 2.63. The zero-order valence-corrected chi connectivity index (χ0v) is 12.0. The molecule has 0 radical (unpaired) electrons. The number of phenols is 1. The topological polar surface area (TPSA) is 58.6 Å². The minimum Gasteiger partial charge on any atom is -0.507 e. The van der Waals surface area contributed by atoms with Crippen LogP contribution in [0.25, 0.3) is 0 Å². The van der Waals surface area contributed by atoms with Crippen molar-refractivity contribution in [3.63, 3.8) is 0 Å². The molecule has 2 aromatic rings. The second-order valence-corrected chi connectivity index (χ2v) is 4.78. The molecule has 20 heavy (non-hydrogen) atoms. The molecular formula is C14H11Cl2NO3. The fourth-order valence-corrected chi connectivity index (χ4v) is 1.89. The molecule has 2 rings (SSSR count). The lowest BCUT2D eigenvalue weighted by Crippen LogP contribution is -2.12. The number of amides is 1. The first-order chi connectivity index (χ1) is 9.51. The van der Waals surface area contributed by atoms with E-state index in [0.29, 0.717) is 21.5 Å². The van der Waals surface area contributed by atoms with Crippen LogP contribution in [0.15, 0.2) is 36.4 Å². The number of methoxy groups -OCH3 is 1. The number of carbonyl (C=O) groups excluding carboxylic acids is 1. The van der Waals surface area contributed by atoms with Crippen molar-refractivity contribution in [1.82, 2.24) is 0 Å². The van der Waals surface area contributed by atoms with E-state index in [-0.39, 0.29) is 11.3 Å². The molecule has 0 saturated carbocycles. The summed E-state index contributed by atoms with van der Waals surface area (Å²) in [5, 5.41) is 13.1. The van der Waals surface area contributed by atoms with Crippen molar-refractivity contribution in [1.29, 1.82) is 0 Å². The summed E-state index contributed by atoms with van der Waals surface area (Å²) in [6.07, 6.45) is 0. The van der Waals surface area contributed by atoms with Crippen LogP contribution in [-0.2, 0) is 0 Å². The molecule has 0 aliphatic heterocycles. The highest BCUT2D eigenvalue weighted by Crippen LogP contribution is 2.27. The Bertz CT molecular complexity index is 659. The average Bonchev–Trinajstić information content (AvgIpc) is 2.43. The minimum atomic E-state index is -0.472. The lowest BCUT2D eigenvalue weighted by Gasteiger charge is -2.09. The molecule has 1 amide bonds.